The van der Waals surface area contributed by atoms with Gasteiger partial charge in [0.05, 0.1) is 5.92 Å². The molecule has 0 spiro atoms. The molecule has 0 N–H and O–H groups in total. The van der Waals surface area contributed by atoms with Crippen LogP contribution in [0.25, 0.3) is 0 Å². The predicted octanol–water partition coefficient (Wildman–Crippen LogP) is 6.11. The molecule has 3 atom stereocenters. The summed E-state index contributed by atoms with van der Waals surface area (Å²) in [6.07, 6.45) is 1.82. The van der Waals surface area contributed by atoms with E-state index in [1.807, 2.05) is 26.8 Å². The van der Waals surface area contributed by atoms with Crippen molar-refractivity contribution in [2.75, 3.05) is 0 Å². The summed E-state index contributed by atoms with van der Waals surface area (Å²) in [6, 6.07) is 8.60. The summed E-state index contributed by atoms with van der Waals surface area (Å²) in [5, 5.41) is 9.44. The zero-order valence-electron chi connectivity index (χ0n) is 14.7. The maximum atomic E-state index is 12.6. The summed E-state index contributed by atoms with van der Waals surface area (Å²) in [5.74, 6) is -0.557. The number of nitrogens with zero attached hydrogens (tertiary/aromatic N) is 1. The van der Waals surface area contributed by atoms with E-state index in [0.717, 1.165) is 6.26 Å². The van der Waals surface area contributed by atoms with Gasteiger partial charge in [-0.3, -0.25) is 4.79 Å². The van der Waals surface area contributed by atoms with E-state index < -0.39 is 18.0 Å². The molecule has 0 saturated heterocycles. The van der Waals surface area contributed by atoms with Crippen molar-refractivity contribution in [3.63, 3.8) is 0 Å². The average Bonchev–Trinajstić information content (AvgIpc) is 2.58. The predicted molar refractivity (Wildman–Crippen MR) is 104 cm³/mol. The van der Waals surface area contributed by atoms with Gasteiger partial charge in [0.25, 0.3) is 0 Å². The van der Waals surface area contributed by atoms with Crippen molar-refractivity contribution in [3.8, 4) is 11.8 Å². The van der Waals surface area contributed by atoms with E-state index in [1.165, 1.54) is 5.54 Å². The van der Waals surface area contributed by atoms with Gasteiger partial charge in [0.15, 0.2) is 0 Å². The van der Waals surface area contributed by atoms with Crippen LogP contribution in [0.4, 0.5) is 0 Å². The molecule has 0 aliphatic rings. The highest BCUT2D eigenvalue weighted by atomic mass is 35.5. The molecule has 0 aromatic heterocycles. The van der Waals surface area contributed by atoms with E-state index in [0.29, 0.717) is 11.3 Å². The maximum absolute atomic E-state index is 12.6. The quantitative estimate of drug-likeness (QED) is 0.379. The van der Waals surface area contributed by atoms with E-state index >= 15 is 0 Å². The summed E-state index contributed by atoms with van der Waals surface area (Å²) < 4.78 is 10.7. The fourth-order valence-corrected chi connectivity index (χ4v) is 2.87. The number of halogens is 3. The van der Waals surface area contributed by atoms with Crippen LogP contribution in [0.3, 0.4) is 0 Å². The van der Waals surface area contributed by atoms with Gasteiger partial charge in [-0.15, -0.1) is 0 Å². The molecular formula is C19H20Cl3NO3. The molecule has 140 valence electrons. The van der Waals surface area contributed by atoms with Crippen molar-refractivity contribution >= 4 is 40.8 Å². The van der Waals surface area contributed by atoms with Gasteiger partial charge in [0.1, 0.15) is 22.6 Å². The zero-order chi connectivity index (χ0) is 19.7. The van der Waals surface area contributed by atoms with Crippen LogP contribution in [-0.2, 0) is 9.53 Å². The van der Waals surface area contributed by atoms with Crippen molar-refractivity contribution in [2.24, 2.45) is 17.8 Å². The minimum atomic E-state index is -1.06. The minimum absolute atomic E-state index is 0.0235. The lowest BCUT2D eigenvalue weighted by Crippen LogP contribution is -2.29. The van der Waals surface area contributed by atoms with Crippen LogP contribution in [0.5, 0.6) is 5.75 Å². The van der Waals surface area contributed by atoms with E-state index in [2.05, 4.69) is 0 Å². The largest absolute Gasteiger partial charge is 0.462 e. The molecule has 0 aliphatic heterocycles. The molecule has 1 rings (SSSR count). The smallest absolute Gasteiger partial charge is 0.311 e. The number of ether oxygens (including phenoxy) is 2. The molecule has 3 unspecified atom stereocenters. The molecule has 4 nitrogen and oxygen atoms in total. The fourth-order valence-electron chi connectivity index (χ4n) is 2.56. The number of hydrogen-bond acceptors (Lipinski definition) is 4. The third-order valence-electron chi connectivity index (χ3n) is 3.73. The number of esters is 1. The van der Waals surface area contributed by atoms with Crippen LogP contribution in [0.1, 0.15) is 32.4 Å². The maximum Gasteiger partial charge on any atom is 0.311 e. The molecule has 7 heteroatoms. The highest BCUT2D eigenvalue weighted by Gasteiger charge is 2.30. The highest BCUT2D eigenvalue weighted by molar-refractivity contribution is 6.55. The van der Waals surface area contributed by atoms with Crippen LogP contribution < -0.4 is 4.74 Å². The molecular weight excluding hydrogens is 397 g/mol. The zero-order valence-corrected chi connectivity index (χ0v) is 16.9. The first-order valence-corrected chi connectivity index (χ1v) is 9.14. The number of benzene rings is 1. The molecule has 0 radical (unpaired) electrons. The van der Waals surface area contributed by atoms with Crippen molar-refractivity contribution < 1.29 is 14.3 Å². The Balaban J connectivity index is 2.98. The lowest BCUT2D eigenvalue weighted by molar-refractivity contribution is -0.154. The Kier molecular flexibility index (Phi) is 9.58. The third-order valence-corrected chi connectivity index (χ3v) is 4.05. The number of carbonyl (C=O) groups is 1. The summed E-state index contributed by atoms with van der Waals surface area (Å²) in [7, 11) is 0. The summed E-state index contributed by atoms with van der Waals surface area (Å²) in [4.78, 5) is 12.6. The number of carbonyl (C=O) groups excluding carboxylic acids is 1. The number of hydrogen-bond donors (Lipinski definition) is 0. The van der Waals surface area contributed by atoms with Gasteiger partial charge in [0, 0.05) is 11.1 Å². The molecule has 0 aliphatic carbocycles. The second-order valence-electron chi connectivity index (χ2n) is 5.99. The first-order chi connectivity index (χ1) is 12.3. The molecule has 1 aromatic rings. The lowest BCUT2D eigenvalue weighted by atomic mass is 9.84. The van der Waals surface area contributed by atoms with Crippen molar-refractivity contribution in [3.05, 3.63) is 52.2 Å². The van der Waals surface area contributed by atoms with Crippen LogP contribution in [0, 0.1) is 29.1 Å². The first kappa shape index (κ1) is 22.4. The number of allylic oxidation sites excluding steroid dienone is 1. The molecule has 0 fully saturated rings. The Hall–Kier alpha value is -1.67. The van der Waals surface area contributed by atoms with Crippen molar-refractivity contribution in [1.82, 2.24) is 0 Å². The molecule has 0 saturated carbocycles. The number of rotatable bonds is 8. The topological polar surface area (TPSA) is 59.3 Å². The first-order valence-electron chi connectivity index (χ1n) is 7.95. The van der Waals surface area contributed by atoms with Crippen LogP contribution in [-0.4, -0.2) is 5.97 Å². The van der Waals surface area contributed by atoms with Gasteiger partial charge in [-0.05, 0) is 24.0 Å². The van der Waals surface area contributed by atoms with E-state index in [1.54, 1.807) is 30.3 Å². The SMILES string of the molecule is CC(C)C(C(=O)OC(C#N)c1cccc(OC=C(Cl)Cl)c1)C(C)C=CCl. The second-order valence-corrected chi connectivity index (χ2v) is 7.25. The van der Waals surface area contributed by atoms with Gasteiger partial charge >= 0.3 is 5.97 Å². The second kappa shape index (κ2) is 11.1. The van der Waals surface area contributed by atoms with E-state index in [-0.39, 0.29) is 16.3 Å². The molecule has 0 heterocycles. The van der Waals surface area contributed by atoms with E-state index in [4.69, 9.17) is 44.3 Å². The molecule has 0 amide bonds. The standard InChI is InChI=1S/C19H20Cl3NO3/c1-12(2)18(13(3)7-8-20)19(24)26-16(10-23)14-5-4-6-15(9-14)25-11-17(21)22/h4-9,11-13,16,18H,1-3H3. The molecule has 1 aromatic carbocycles. The highest BCUT2D eigenvalue weighted by Crippen LogP contribution is 2.28. The van der Waals surface area contributed by atoms with E-state index in [9.17, 15) is 10.1 Å². The average molecular weight is 417 g/mol. The van der Waals surface area contributed by atoms with Gasteiger partial charge in [-0.1, -0.05) is 73.8 Å². The fraction of sp³-hybridized carbons (Fsp3) is 0.368. The van der Waals surface area contributed by atoms with Crippen molar-refractivity contribution in [2.45, 2.75) is 26.9 Å². The van der Waals surface area contributed by atoms with Gasteiger partial charge in [-0.25, -0.2) is 0 Å². The van der Waals surface area contributed by atoms with Crippen LogP contribution in [0.15, 0.2) is 46.6 Å². The molecule has 0 bridgehead atoms. The Morgan fingerprint density at radius 2 is 1.96 bits per heavy atom. The molecule has 26 heavy (non-hydrogen) atoms. The summed E-state index contributed by atoms with van der Waals surface area (Å²) in [6.45, 7) is 5.72. The van der Waals surface area contributed by atoms with Crippen LogP contribution >= 0.6 is 34.8 Å². The normalized spacial score (nSPS) is 14.4. The monoisotopic (exact) mass is 415 g/mol. The van der Waals surface area contributed by atoms with Gasteiger partial charge in [0.2, 0.25) is 6.10 Å². The Labute approximate surface area is 168 Å². The van der Waals surface area contributed by atoms with Crippen LogP contribution in [0.2, 0.25) is 0 Å². The Morgan fingerprint density at radius 1 is 1.27 bits per heavy atom. The lowest BCUT2D eigenvalue weighted by Gasteiger charge is -2.24. The third kappa shape index (κ3) is 6.92. The Bertz CT molecular complexity index is 706. The minimum Gasteiger partial charge on any atom is -0.462 e. The number of nitriles is 1. The summed E-state index contributed by atoms with van der Waals surface area (Å²) in [5.41, 5.74) is 1.87. The van der Waals surface area contributed by atoms with Gasteiger partial charge < -0.3 is 9.47 Å². The van der Waals surface area contributed by atoms with Crippen molar-refractivity contribution in [1.29, 1.82) is 5.26 Å². The summed E-state index contributed by atoms with van der Waals surface area (Å²) >= 11 is 16.6. The van der Waals surface area contributed by atoms with Gasteiger partial charge in [-0.2, -0.15) is 5.26 Å². The Morgan fingerprint density at radius 3 is 2.50 bits per heavy atom.